The number of rotatable bonds is 7. The summed E-state index contributed by atoms with van der Waals surface area (Å²) >= 11 is 0. The molecule has 0 saturated carbocycles. The van der Waals surface area contributed by atoms with E-state index in [1.165, 1.54) is 12.4 Å². The quantitative estimate of drug-likeness (QED) is 0.807. The molecule has 1 amide bonds. The lowest BCUT2D eigenvalue weighted by molar-refractivity contribution is -0.122. The van der Waals surface area contributed by atoms with Crippen LogP contribution in [0.3, 0.4) is 0 Å². The second-order valence-corrected chi connectivity index (χ2v) is 5.70. The van der Waals surface area contributed by atoms with Crippen molar-refractivity contribution in [3.05, 3.63) is 18.3 Å². The van der Waals surface area contributed by atoms with Gasteiger partial charge in [0, 0.05) is 19.4 Å². The number of hydrogen-bond donors (Lipinski definition) is 1. The standard InChI is InChI=1S/C15H17F2N5O3/c16-11(17)8-24-14-7-18-10(6-20-14)15-21-13(25-22-15)4-2-9-1-3-12(23)19-5-9/h6-7,9,11H,1-5,8H2,(H,19,23). The molecule has 1 aliphatic rings. The molecule has 3 heterocycles. The molecule has 3 rings (SSSR count). The van der Waals surface area contributed by atoms with Crippen LogP contribution >= 0.6 is 0 Å². The topological polar surface area (TPSA) is 103 Å². The minimum atomic E-state index is -2.57. The van der Waals surface area contributed by atoms with Crippen LogP contribution in [0.4, 0.5) is 8.78 Å². The minimum Gasteiger partial charge on any atom is -0.470 e. The Morgan fingerprint density at radius 3 is 2.92 bits per heavy atom. The van der Waals surface area contributed by atoms with E-state index in [0.29, 0.717) is 36.9 Å². The molecule has 2 aromatic heterocycles. The van der Waals surface area contributed by atoms with Crippen molar-refractivity contribution in [3.8, 4) is 17.4 Å². The molecule has 8 nitrogen and oxygen atoms in total. The third-order valence-corrected chi connectivity index (χ3v) is 3.82. The van der Waals surface area contributed by atoms with Gasteiger partial charge in [0.05, 0.1) is 12.4 Å². The number of hydrogen-bond acceptors (Lipinski definition) is 7. The maximum atomic E-state index is 12.1. The lowest BCUT2D eigenvalue weighted by Gasteiger charge is -2.21. The maximum Gasteiger partial charge on any atom is 0.272 e. The molecule has 25 heavy (non-hydrogen) atoms. The first-order valence-electron chi connectivity index (χ1n) is 7.93. The summed E-state index contributed by atoms with van der Waals surface area (Å²) in [5.41, 5.74) is 0.365. The van der Waals surface area contributed by atoms with E-state index in [1.54, 1.807) is 0 Å². The zero-order valence-corrected chi connectivity index (χ0v) is 13.3. The van der Waals surface area contributed by atoms with Gasteiger partial charge in [0.15, 0.2) is 6.61 Å². The Labute approximate surface area is 142 Å². The molecule has 1 unspecified atom stereocenters. The predicted octanol–water partition coefficient (Wildman–Crippen LogP) is 1.63. The van der Waals surface area contributed by atoms with Gasteiger partial charge in [-0.3, -0.25) is 4.79 Å². The number of alkyl halides is 2. The van der Waals surface area contributed by atoms with Crippen LogP contribution in [0.5, 0.6) is 5.88 Å². The predicted molar refractivity (Wildman–Crippen MR) is 80.9 cm³/mol. The highest BCUT2D eigenvalue weighted by molar-refractivity contribution is 5.76. The van der Waals surface area contributed by atoms with Crippen molar-refractivity contribution in [2.24, 2.45) is 5.92 Å². The van der Waals surface area contributed by atoms with Gasteiger partial charge in [-0.15, -0.1) is 0 Å². The maximum absolute atomic E-state index is 12.1. The third-order valence-electron chi connectivity index (χ3n) is 3.82. The first kappa shape index (κ1) is 17.2. The van der Waals surface area contributed by atoms with Crippen molar-refractivity contribution in [1.29, 1.82) is 0 Å². The highest BCUT2D eigenvalue weighted by Gasteiger charge is 2.19. The van der Waals surface area contributed by atoms with E-state index in [1.807, 2.05) is 0 Å². The summed E-state index contributed by atoms with van der Waals surface area (Å²) in [4.78, 5) is 23.3. The number of aromatic nitrogens is 4. The number of carbonyl (C=O) groups excluding carboxylic acids is 1. The Bertz CT molecular complexity index is 697. The van der Waals surface area contributed by atoms with Crippen LogP contribution < -0.4 is 10.1 Å². The largest absolute Gasteiger partial charge is 0.470 e. The summed E-state index contributed by atoms with van der Waals surface area (Å²) in [5, 5.41) is 6.69. The van der Waals surface area contributed by atoms with Crippen molar-refractivity contribution in [2.45, 2.75) is 32.1 Å². The second kappa shape index (κ2) is 7.95. The Hall–Kier alpha value is -2.65. The Morgan fingerprint density at radius 1 is 1.36 bits per heavy atom. The molecular weight excluding hydrogens is 336 g/mol. The molecular formula is C15H17F2N5O3. The molecule has 0 bridgehead atoms. The highest BCUT2D eigenvalue weighted by Crippen LogP contribution is 2.19. The Balaban J connectivity index is 1.53. The fourth-order valence-electron chi connectivity index (χ4n) is 2.47. The normalized spacial score (nSPS) is 17.6. The van der Waals surface area contributed by atoms with Crippen molar-refractivity contribution in [3.63, 3.8) is 0 Å². The van der Waals surface area contributed by atoms with E-state index in [9.17, 15) is 13.6 Å². The lowest BCUT2D eigenvalue weighted by Crippen LogP contribution is -2.34. The minimum absolute atomic E-state index is 0.00659. The van der Waals surface area contributed by atoms with Crippen LogP contribution in [0.25, 0.3) is 11.5 Å². The van der Waals surface area contributed by atoms with E-state index in [-0.39, 0.29) is 17.6 Å². The molecule has 1 saturated heterocycles. The van der Waals surface area contributed by atoms with Gasteiger partial charge in [0.1, 0.15) is 5.69 Å². The molecule has 134 valence electrons. The SMILES string of the molecule is O=C1CCC(CCc2nc(-c3cnc(OCC(F)F)cn3)no2)CN1. The number of piperidine rings is 1. The van der Waals surface area contributed by atoms with Gasteiger partial charge in [-0.25, -0.2) is 18.7 Å². The van der Waals surface area contributed by atoms with E-state index < -0.39 is 13.0 Å². The molecule has 1 atom stereocenters. The summed E-state index contributed by atoms with van der Waals surface area (Å²) in [6, 6.07) is 0. The summed E-state index contributed by atoms with van der Waals surface area (Å²) in [6.07, 6.45) is 2.86. The van der Waals surface area contributed by atoms with E-state index in [4.69, 9.17) is 9.26 Å². The summed E-state index contributed by atoms with van der Waals surface area (Å²) in [5.74, 6) is 1.26. The molecule has 0 spiro atoms. The molecule has 0 aliphatic carbocycles. The van der Waals surface area contributed by atoms with Crippen molar-refractivity contribution >= 4 is 5.91 Å². The number of carbonyl (C=O) groups is 1. The number of amides is 1. The van der Waals surface area contributed by atoms with Gasteiger partial charge >= 0.3 is 0 Å². The summed E-state index contributed by atoms with van der Waals surface area (Å²) in [7, 11) is 0. The van der Waals surface area contributed by atoms with Gasteiger partial charge in [0.25, 0.3) is 6.43 Å². The molecule has 1 N–H and O–H groups in total. The zero-order valence-electron chi connectivity index (χ0n) is 13.3. The van der Waals surface area contributed by atoms with Gasteiger partial charge in [-0.2, -0.15) is 4.98 Å². The smallest absolute Gasteiger partial charge is 0.272 e. The van der Waals surface area contributed by atoms with Crippen LogP contribution in [0.2, 0.25) is 0 Å². The second-order valence-electron chi connectivity index (χ2n) is 5.70. The first-order chi connectivity index (χ1) is 12.1. The highest BCUT2D eigenvalue weighted by atomic mass is 19.3. The summed E-state index contributed by atoms with van der Waals surface area (Å²) in [6.45, 7) is -0.0621. The number of halogens is 2. The van der Waals surface area contributed by atoms with Crippen molar-refractivity contribution in [2.75, 3.05) is 13.2 Å². The average Bonchev–Trinajstić information content (AvgIpc) is 3.09. The van der Waals surface area contributed by atoms with E-state index in [0.717, 1.165) is 12.8 Å². The molecule has 1 aliphatic heterocycles. The number of nitrogens with one attached hydrogen (secondary N) is 1. The fraction of sp³-hybridized carbons (Fsp3) is 0.533. The van der Waals surface area contributed by atoms with E-state index in [2.05, 4.69) is 25.4 Å². The average molecular weight is 353 g/mol. The van der Waals surface area contributed by atoms with Crippen LogP contribution in [0.1, 0.15) is 25.2 Å². The van der Waals surface area contributed by atoms with E-state index >= 15 is 0 Å². The van der Waals surface area contributed by atoms with Crippen LogP contribution in [-0.2, 0) is 11.2 Å². The lowest BCUT2D eigenvalue weighted by atomic mass is 9.94. The fourth-order valence-corrected chi connectivity index (χ4v) is 2.47. The third kappa shape index (κ3) is 4.91. The Kier molecular flexibility index (Phi) is 5.46. The van der Waals surface area contributed by atoms with Crippen molar-refractivity contribution < 1.29 is 22.8 Å². The van der Waals surface area contributed by atoms with Crippen LogP contribution in [0, 0.1) is 5.92 Å². The molecule has 0 aromatic carbocycles. The van der Waals surface area contributed by atoms with Gasteiger partial charge in [-0.1, -0.05) is 5.16 Å². The van der Waals surface area contributed by atoms with Crippen molar-refractivity contribution in [1.82, 2.24) is 25.4 Å². The monoisotopic (exact) mass is 353 g/mol. The Morgan fingerprint density at radius 2 is 2.24 bits per heavy atom. The van der Waals surface area contributed by atoms with Crippen LogP contribution in [0.15, 0.2) is 16.9 Å². The molecule has 10 heteroatoms. The molecule has 1 fully saturated rings. The van der Waals surface area contributed by atoms with Gasteiger partial charge < -0.3 is 14.6 Å². The zero-order chi connectivity index (χ0) is 17.6. The number of nitrogens with zero attached hydrogens (tertiary/aromatic N) is 4. The number of ether oxygens (including phenoxy) is 1. The molecule has 2 aromatic rings. The first-order valence-corrected chi connectivity index (χ1v) is 7.93. The van der Waals surface area contributed by atoms with Crippen LogP contribution in [-0.4, -0.2) is 45.6 Å². The number of aryl methyl sites for hydroxylation is 1. The van der Waals surface area contributed by atoms with Gasteiger partial charge in [-0.05, 0) is 18.8 Å². The molecule has 0 radical (unpaired) electrons. The van der Waals surface area contributed by atoms with Gasteiger partial charge in [0.2, 0.25) is 23.5 Å². The summed E-state index contributed by atoms with van der Waals surface area (Å²) < 4.78 is 34.1.